The Hall–Kier alpha value is -5.31. The molecule has 9 nitrogen and oxygen atoms in total. The van der Waals surface area contributed by atoms with Gasteiger partial charge in [0.15, 0.2) is 16.9 Å². The molecule has 0 aliphatic heterocycles. The molecule has 7 aromatic rings. The van der Waals surface area contributed by atoms with Crippen LogP contribution in [0.1, 0.15) is 76.0 Å². The lowest BCUT2D eigenvalue weighted by Gasteiger charge is -2.12. The molecule has 0 bridgehead atoms. The molecule has 7 rings (SSSR count). The van der Waals surface area contributed by atoms with Gasteiger partial charge < -0.3 is 14.2 Å². The number of fused-ring (bicyclic) bond motifs is 6. The maximum atomic E-state index is 5.88. The standard InChI is InChI=1S/C39H42N6O3/c1-22(2)31-34(25-16-10-13-19-28(25)46-7)40-43-37(31)44-39(32(23(3)4)35(41-44)26-17-11-14-20-29(26)47-8)45-38(43)33(24(5)6)36(42-45)27-18-12-15-21-30(27)48-9/h10-24H,1-9H3. The van der Waals surface area contributed by atoms with Crippen LogP contribution in [0.5, 0.6) is 17.2 Å². The smallest absolute Gasteiger partial charge is 0.165 e. The first-order valence-electron chi connectivity index (χ1n) is 16.5. The topological polar surface area (TPSA) is 79.6 Å². The molecule has 0 saturated carbocycles. The third-order valence-electron chi connectivity index (χ3n) is 9.11. The SMILES string of the molecule is COc1ccccc1-c1nn2c(c1C(C)C)n1nc(-c3ccccc3OC)c(C(C)C)c1n1nc(-c3ccccc3OC)c(C(C)C)c21. The van der Waals surface area contributed by atoms with Crippen molar-refractivity contribution in [2.75, 3.05) is 21.3 Å². The Morgan fingerprint density at radius 2 is 0.667 bits per heavy atom. The molecule has 0 aliphatic carbocycles. The van der Waals surface area contributed by atoms with Gasteiger partial charge in [0, 0.05) is 33.4 Å². The molecule has 4 heterocycles. The Morgan fingerprint density at radius 1 is 0.417 bits per heavy atom. The first kappa shape index (κ1) is 31.3. The molecule has 0 radical (unpaired) electrons. The van der Waals surface area contributed by atoms with Gasteiger partial charge in [-0.15, -0.1) is 0 Å². The zero-order chi connectivity index (χ0) is 33.9. The largest absolute Gasteiger partial charge is 0.496 e. The number of aromatic nitrogens is 6. The van der Waals surface area contributed by atoms with Crippen LogP contribution in [-0.2, 0) is 0 Å². The minimum Gasteiger partial charge on any atom is -0.496 e. The third kappa shape index (κ3) is 4.63. The Kier molecular flexibility index (Phi) is 7.86. The molecule has 0 N–H and O–H groups in total. The van der Waals surface area contributed by atoms with E-state index in [9.17, 15) is 0 Å². The van der Waals surface area contributed by atoms with Crippen molar-refractivity contribution in [3.8, 4) is 51.0 Å². The molecule has 0 amide bonds. The highest BCUT2D eigenvalue weighted by atomic mass is 16.5. The summed E-state index contributed by atoms with van der Waals surface area (Å²) in [5, 5.41) is 16.3. The van der Waals surface area contributed by atoms with Crippen LogP contribution in [0.3, 0.4) is 0 Å². The zero-order valence-electron chi connectivity index (χ0n) is 29.1. The molecule has 0 aliphatic rings. The van der Waals surface area contributed by atoms with Crippen molar-refractivity contribution < 1.29 is 14.2 Å². The highest BCUT2D eigenvalue weighted by molar-refractivity contribution is 5.85. The van der Waals surface area contributed by atoms with Crippen LogP contribution >= 0.6 is 0 Å². The van der Waals surface area contributed by atoms with Gasteiger partial charge in [-0.25, -0.2) is 0 Å². The summed E-state index contributed by atoms with van der Waals surface area (Å²) in [6, 6.07) is 24.2. The van der Waals surface area contributed by atoms with Gasteiger partial charge in [-0.3, -0.25) is 0 Å². The summed E-state index contributed by atoms with van der Waals surface area (Å²) in [7, 11) is 5.11. The molecule has 0 unspecified atom stereocenters. The molecule has 4 aromatic heterocycles. The summed E-state index contributed by atoms with van der Waals surface area (Å²) in [5.41, 5.74) is 11.2. The van der Waals surface area contributed by atoms with Crippen molar-refractivity contribution >= 4 is 16.9 Å². The van der Waals surface area contributed by atoms with Crippen molar-refractivity contribution in [1.29, 1.82) is 0 Å². The molecule has 48 heavy (non-hydrogen) atoms. The molecular formula is C39H42N6O3. The van der Waals surface area contributed by atoms with Crippen molar-refractivity contribution in [3.05, 3.63) is 89.5 Å². The molecule has 246 valence electrons. The fourth-order valence-corrected chi connectivity index (χ4v) is 7.03. The zero-order valence-corrected chi connectivity index (χ0v) is 29.1. The van der Waals surface area contributed by atoms with E-state index in [1.54, 1.807) is 21.3 Å². The predicted molar refractivity (Wildman–Crippen MR) is 191 cm³/mol. The van der Waals surface area contributed by atoms with Crippen LogP contribution in [0.4, 0.5) is 0 Å². The normalized spacial score (nSPS) is 12.0. The van der Waals surface area contributed by atoms with Crippen LogP contribution < -0.4 is 14.2 Å². The van der Waals surface area contributed by atoms with E-state index in [2.05, 4.69) is 73.3 Å². The van der Waals surface area contributed by atoms with Crippen LogP contribution in [0.15, 0.2) is 72.8 Å². The summed E-state index contributed by atoms with van der Waals surface area (Å²) in [6.45, 7) is 13.2. The van der Waals surface area contributed by atoms with Gasteiger partial charge in [0.1, 0.15) is 34.3 Å². The quantitative estimate of drug-likeness (QED) is 0.156. The van der Waals surface area contributed by atoms with Gasteiger partial charge in [-0.1, -0.05) is 77.9 Å². The van der Waals surface area contributed by atoms with Gasteiger partial charge in [-0.05, 0) is 54.2 Å². The molecule has 0 fully saturated rings. The Morgan fingerprint density at radius 3 is 0.896 bits per heavy atom. The number of hydrogen-bond acceptors (Lipinski definition) is 6. The second-order valence-corrected chi connectivity index (χ2v) is 13.1. The van der Waals surface area contributed by atoms with Crippen molar-refractivity contribution in [2.45, 2.75) is 59.3 Å². The number of ether oxygens (including phenoxy) is 3. The van der Waals surface area contributed by atoms with E-state index in [1.165, 1.54) is 0 Å². The Bertz CT molecular complexity index is 2020. The van der Waals surface area contributed by atoms with Crippen molar-refractivity contribution in [3.63, 3.8) is 0 Å². The summed E-state index contributed by atoms with van der Waals surface area (Å²) >= 11 is 0. The van der Waals surface area contributed by atoms with Crippen LogP contribution in [0, 0.1) is 0 Å². The summed E-state index contributed by atoms with van der Waals surface area (Å²) in [5.74, 6) is 2.61. The van der Waals surface area contributed by atoms with E-state index in [1.807, 2.05) is 54.6 Å². The van der Waals surface area contributed by atoms with Gasteiger partial charge in [-0.2, -0.15) is 28.8 Å². The third-order valence-corrected chi connectivity index (χ3v) is 9.11. The van der Waals surface area contributed by atoms with Gasteiger partial charge >= 0.3 is 0 Å². The Balaban J connectivity index is 1.78. The summed E-state index contributed by atoms with van der Waals surface area (Å²) < 4.78 is 23.8. The lowest BCUT2D eigenvalue weighted by atomic mass is 9.97. The first-order chi connectivity index (χ1) is 23.2. The van der Waals surface area contributed by atoms with E-state index < -0.39 is 0 Å². The number of methoxy groups -OCH3 is 3. The number of nitrogens with zero attached hydrogens (tertiary/aromatic N) is 6. The molecule has 0 spiro atoms. The minimum absolute atomic E-state index is 0.105. The van der Waals surface area contributed by atoms with E-state index in [-0.39, 0.29) is 17.8 Å². The average Bonchev–Trinajstić information content (AvgIpc) is 3.80. The summed E-state index contributed by atoms with van der Waals surface area (Å²) in [4.78, 5) is 0. The van der Waals surface area contributed by atoms with E-state index in [0.29, 0.717) is 0 Å². The van der Waals surface area contributed by atoms with Crippen molar-refractivity contribution in [1.82, 2.24) is 28.8 Å². The van der Waals surface area contributed by atoms with Crippen LogP contribution in [-0.4, -0.2) is 50.2 Å². The molecule has 3 aromatic carbocycles. The molecular weight excluding hydrogens is 600 g/mol. The minimum atomic E-state index is 0.105. The lowest BCUT2D eigenvalue weighted by molar-refractivity contribution is 0.416. The van der Waals surface area contributed by atoms with E-state index in [0.717, 1.165) is 84.7 Å². The van der Waals surface area contributed by atoms with E-state index >= 15 is 0 Å². The predicted octanol–water partition coefficient (Wildman–Crippen LogP) is 9.03. The second-order valence-electron chi connectivity index (χ2n) is 13.1. The number of hydrogen-bond donors (Lipinski definition) is 0. The first-order valence-corrected chi connectivity index (χ1v) is 16.5. The van der Waals surface area contributed by atoms with Crippen molar-refractivity contribution in [2.24, 2.45) is 0 Å². The number of benzene rings is 3. The molecule has 0 saturated heterocycles. The Labute approximate surface area is 280 Å². The monoisotopic (exact) mass is 642 g/mol. The lowest BCUT2D eigenvalue weighted by Crippen LogP contribution is -2.09. The second kappa shape index (κ2) is 12.0. The van der Waals surface area contributed by atoms with Gasteiger partial charge in [0.25, 0.3) is 0 Å². The highest BCUT2D eigenvalue weighted by Gasteiger charge is 2.32. The fraction of sp³-hybridized carbons (Fsp3) is 0.308. The van der Waals surface area contributed by atoms with Gasteiger partial charge in [0.2, 0.25) is 0 Å². The molecule has 9 heteroatoms. The van der Waals surface area contributed by atoms with Crippen LogP contribution in [0.2, 0.25) is 0 Å². The maximum Gasteiger partial charge on any atom is 0.165 e. The van der Waals surface area contributed by atoms with E-state index in [4.69, 9.17) is 29.5 Å². The summed E-state index contributed by atoms with van der Waals surface area (Å²) in [6.07, 6.45) is 0. The maximum absolute atomic E-state index is 5.88. The highest BCUT2D eigenvalue weighted by Crippen LogP contribution is 2.44. The fourth-order valence-electron chi connectivity index (χ4n) is 7.03. The molecule has 0 atom stereocenters. The average molecular weight is 643 g/mol. The number of rotatable bonds is 9. The van der Waals surface area contributed by atoms with Gasteiger partial charge in [0.05, 0.1) is 21.3 Å². The van der Waals surface area contributed by atoms with Crippen LogP contribution in [0.25, 0.3) is 50.7 Å². The number of para-hydroxylation sites is 3.